The molecular formula is C12H17BrN2. The van der Waals surface area contributed by atoms with Crippen LogP contribution in [0.3, 0.4) is 0 Å². The first-order chi connectivity index (χ1) is 7.16. The molecule has 1 aliphatic heterocycles. The van der Waals surface area contributed by atoms with Gasteiger partial charge in [-0.05, 0) is 54.5 Å². The lowest BCUT2D eigenvalue weighted by Crippen LogP contribution is -2.23. The summed E-state index contributed by atoms with van der Waals surface area (Å²) in [5, 5.41) is 3.59. The fourth-order valence-electron chi connectivity index (χ4n) is 2.03. The van der Waals surface area contributed by atoms with Crippen LogP contribution in [0.5, 0.6) is 0 Å². The smallest absolute Gasteiger partial charge is 0.0489 e. The van der Waals surface area contributed by atoms with E-state index in [9.17, 15) is 0 Å². The minimum Gasteiger partial charge on any atom is -0.380 e. The Morgan fingerprint density at radius 2 is 2.27 bits per heavy atom. The van der Waals surface area contributed by atoms with Crippen LogP contribution in [-0.4, -0.2) is 31.1 Å². The van der Waals surface area contributed by atoms with Crippen LogP contribution in [0.15, 0.2) is 22.7 Å². The largest absolute Gasteiger partial charge is 0.380 e. The van der Waals surface area contributed by atoms with Crippen molar-refractivity contribution in [3.63, 3.8) is 0 Å². The zero-order valence-corrected chi connectivity index (χ0v) is 10.8. The van der Waals surface area contributed by atoms with Crippen molar-refractivity contribution in [1.29, 1.82) is 0 Å². The highest BCUT2D eigenvalue weighted by Gasteiger charge is 2.19. The van der Waals surface area contributed by atoms with Crippen molar-refractivity contribution in [2.24, 2.45) is 0 Å². The number of halogens is 1. The first-order valence-corrected chi connectivity index (χ1v) is 6.16. The van der Waals surface area contributed by atoms with Crippen LogP contribution in [0.25, 0.3) is 0 Å². The number of rotatable bonds is 2. The van der Waals surface area contributed by atoms with E-state index in [0.717, 1.165) is 6.54 Å². The van der Waals surface area contributed by atoms with E-state index in [2.05, 4.69) is 58.3 Å². The normalized spacial score (nSPS) is 21.9. The maximum atomic E-state index is 3.63. The molecule has 1 aromatic carbocycles. The van der Waals surface area contributed by atoms with Gasteiger partial charge in [0.2, 0.25) is 0 Å². The number of aryl methyl sites for hydroxylation is 1. The topological polar surface area (TPSA) is 15.3 Å². The minimum atomic E-state index is 0.591. The summed E-state index contributed by atoms with van der Waals surface area (Å²) in [5.41, 5.74) is 2.50. The van der Waals surface area contributed by atoms with Crippen LogP contribution in [0.4, 0.5) is 5.69 Å². The Morgan fingerprint density at radius 3 is 2.93 bits per heavy atom. The SMILES string of the molecule is Cc1cccc(NC2CCN(C)C2)c1Br. The molecule has 1 atom stereocenters. The van der Waals surface area contributed by atoms with Crippen molar-refractivity contribution in [2.75, 3.05) is 25.5 Å². The molecule has 0 bridgehead atoms. The maximum absolute atomic E-state index is 3.63. The molecule has 0 amide bonds. The molecule has 1 aromatic rings. The van der Waals surface area contributed by atoms with Crippen LogP contribution in [-0.2, 0) is 0 Å². The number of nitrogens with zero attached hydrogens (tertiary/aromatic N) is 1. The Bertz CT molecular complexity index is 351. The van der Waals surface area contributed by atoms with Crippen molar-refractivity contribution < 1.29 is 0 Å². The van der Waals surface area contributed by atoms with Crippen LogP contribution < -0.4 is 5.32 Å². The molecule has 1 unspecified atom stereocenters. The van der Waals surface area contributed by atoms with Gasteiger partial charge in [0, 0.05) is 22.7 Å². The average molecular weight is 269 g/mol. The number of nitrogens with one attached hydrogen (secondary N) is 1. The lowest BCUT2D eigenvalue weighted by molar-refractivity contribution is 0.414. The summed E-state index contributed by atoms with van der Waals surface area (Å²) in [6.07, 6.45) is 1.23. The Morgan fingerprint density at radius 1 is 1.47 bits per heavy atom. The number of anilines is 1. The van der Waals surface area contributed by atoms with Gasteiger partial charge in [0.1, 0.15) is 0 Å². The van der Waals surface area contributed by atoms with E-state index in [-0.39, 0.29) is 0 Å². The Kier molecular flexibility index (Phi) is 3.32. The summed E-state index contributed by atoms with van der Waals surface area (Å²) in [5.74, 6) is 0. The van der Waals surface area contributed by atoms with Crippen molar-refractivity contribution in [3.8, 4) is 0 Å². The van der Waals surface area contributed by atoms with Crippen LogP contribution in [0.2, 0.25) is 0 Å². The van der Waals surface area contributed by atoms with Gasteiger partial charge in [0.25, 0.3) is 0 Å². The van der Waals surface area contributed by atoms with Crippen molar-refractivity contribution in [1.82, 2.24) is 4.90 Å². The van der Waals surface area contributed by atoms with Crippen molar-refractivity contribution in [3.05, 3.63) is 28.2 Å². The molecule has 2 rings (SSSR count). The molecule has 0 aromatic heterocycles. The molecule has 1 N–H and O–H groups in total. The molecule has 2 nitrogen and oxygen atoms in total. The molecule has 1 aliphatic rings. The molecule has 0 aliphatic carbocycles. The maximum Gasteiger partial charge on any atom is 0.0489 e. The molecular weight excluding hydrogens is 252 g/mol. The quantitative estimate of drug-likeness (QED) is 0.888. The lowest BCUT2D eigenvalue weighted by atomic mass is 10.2. The van der Waals surface area contributed by atoms with Crippen LogP contribution in [0.1, 0.15) is 12.0 Å². The molecule has 0 spiro atoms. The van der Waals surface area contributed by atoms with Gasteiger partial charge in [-0.15, -0.1) is 0 Å². The number of hydrogen-bond acceptors (Lipinski definition) is 2. The van der Waals surface area contributed by atoms with E-state index in [1.54, 1.807) is 0 Å². The monoisotopic (exact) mass is 268 g/mol. The number of likely N-dealkylation sites (tertiary alicyclic amines) is 1. The predicted molar refractivity (Wildman–Crippen MR) is 68.4 cm³/mol. The van der Waals surface area contributed by atoms with Crippen molar-refractivity contribution in [2.45, 2.75) is 19.4 Å². The molecule has 1 saturated heterocycles. The van der Waals surface area contributed by atoms with E-state index >= 15 is 0 Å². The average Bonchev–Trinajstić information content (AvgIpc) is 2.59. The summed E-state index contributed by atoms with van der Waals surface area (Å²) < 4.78 is 1.19. The van der Waals surface area contributed by atoms with Gasteiger partial charge < -0.3 is 10.2 Å². The second-order valence-corrected chi connectivity index (χ2v) is 5.12. The lowest BCUT2D eigenvalue weighted by Gasteiger charge is -2.16. The molecule has 1 fully saturated rings. The van der Waals surface area contributed by atoms with E-state index in [4.69, 9.17) is 0 Å². The third-order valence-corrected chi connectivity index (χ3v) is 4.00. The van der Waals surface area contributed by atoms with Gasteiger partial charge in [0.15, 0.2) is 0 Å². The first kappa shape index (κ1) is 11.0. The zero-order valence-electron chi connectivity index (χ0n) is 9.26. The minimum absolute atomic E-state index is 0.591. The Balaban J connectivity index is 2.07. The third-order valence-electron chi connectivity index (χ3n) is 2.94. The van der Waals surface area contributed by atoms with Crippen LogP contribution in [0, 0.1) is 6.92 Å². The highest BCUT2D eigenvalue weighted by atomic mass is 79.9. The highest BCUT2D eigenvalue weighted by Crippen LogP contribution is 2.27. The number of hydrogen-bond donors (Lipinski definition) is 1. The zero-order chi connectivity index (χ0) is 10.8. The van der Waals surface area contributed by atoms with Gasteiger partial charge in [-0.3, -0.25) is 0 Å². The molecule has 82 valence electrons. The number of benzene rings is 1. The molecule has 1 heterocycles. The highest BCUT2D eigenvalue weighted by molar-refractivity contribution is 9.10. The third kappa shape index (κ3) is 2.52. The van der Waals surface area contributed by atoms with E-state index in [0.29, 0.717) is 6.04 Å². The molecule has 0 saturated carbocycles. The predicted octanol–water partition coefficient (Wildman–Crippen LogP) is 2.87. The van der Waals surface area contributed by atoms with Gasteiger partial charge in [-0.25, -0.2) is 0 Å². The molecule has 15 heavy (non-hydrogen) atoms. The Hall–Kier alpha value is -0.540. The fourth-order valence-corrected chi connectivity index (χ4v) is 2.41. The summed E-state index contributed by atoms with van der Waals surface area (Å²) >= 11 is 3.63. The van der Waals surface area contributed by atoms with Gasteiger partial charge in [0.05, 0.1) is 0 Å². The van der Waals surface area contributed by atoms with Gasteiger partial charge >= 0.3 is 0 Å². The summed E-state index contributed by atoms with van der Waals surface area (Å²) in [4.78, 5) is 2.36. The second-order valence-electron chi connectivity index (χ2n) is 4.33. The van der Waals surface area contributed by atoms with E-state index in [1.165, 1.54) is 28.7 Å². The summed E-state index contributed by atoms with van der Waals surface area (Å²) in [6, 6.07) is 6.94. The van der Waals surface area contributed by atoms with E-state index in [1.807, 2.05) is 0 Å². The van der Waals surface area contributed by atoms with Gasteiger partial charge in [-0.2, -0.15) is 0 Å². The summed E-state index contributed by atoms with van der Waals surface area (Å²) in [6.45, 7) is 4.46. The van der Waals surface area contributed by atoms with E-state index < -0.39 is 0 Å². The van der Waals surface area contributed by atoms with Crippen molar-refractivity contribution >= 4 is 21.6 Å². The summed E-state index contributed by atoms with van der Waals surface area (Å²) in [7, 11) is 2.17. The van der Waals surface area contributed by atoms with Gasteiger partial charge in [-0.1, -0.05) is 12.1 Å². The molecule has 0 radical (unpaired) electrons. The first-order valence-electron chi connectivity index (χ1n) is 5.37. The fraction of sp³-hybridized carbons (Fsp3) is 0.500. The number of likely N-dealkylation sites (N-methyl/N-ethyl adjacent to an activating group) is 1. The molecule has 3 heteroatoms. The van der Waals surface area contributed by atoms with Crippen LogP contribution >= 0.6 is 15.9 Å². The second kappa shape index (κ2) is 4.54. The standard InChI is InChI=1S/C12H17BrN2/c1-9-4-3-5-11(12(9)13)14-10-6-7-15(2)8-10/h3-5,10,14H,6-8H2,1-2H3. The Labute approximate surface area is 99.8 Å².